The van der Waals surface area contributed by atoms with Crippen molar-refractivity contribution >= 4 is 17.4 Å². The van der Waals surface area contributed by atoms with Gasteiger partial charge in [-0.15, -0.1) is 0 Å². The molecule has 0 amide bonds. The number of nitrogens with two attached hydrogens (primary N) is 1. The Balaban J connectivity index is 2.87. The van der Waals surface area contributed by atoms with Crippen LogP contribution in [0.4, 0.5) is 5.69 Å². The highest BCUT2D eigenvalue weighted by molar-refractivity contribution is 7.98. The van der Waals surface area contributed by atoms with E-state index in [1.165, 1.54) is 0 Å². The Bertz CT molecular complexity index is 421. The lowest BCUT2D eigenvalue weighted by molar-refractivity contribution is -0.386. The van der Waals surface area contributed by atoms with Crippen molar-refractivity contribution in [2.24, 2.45) is 5.73 Å². The summed E-state index contributed by atoms with van der Waals surface area (Å²) in [7, 11) is 0. The van der Waals surface area contributed by atoms with E-state index in [4.69, 9.17) is 5.73 Å². The Kier molecular flexibility index (Phi) is 4.89. The molecule has 0 aliphatic carbocycles. The number of hydrogen-bond acceptors (Lipinski definition) is 5. The molecule has 17 heavy (non-hydrogen) atoms. The molecule has 0 saturated carbocycles. The first-order valence-corrected chi connectivity index (χ1v) is 6.51. The molecule has 1 atom stereocenters. The minimum atomic E-state index is -0.341. The standard InChI is InChI=1S/C11H17N3O2S/c1-7-4-13-10(6-17-5-8(2)12)9(3)11(7)14(15)16/h4,8H,5-6,12H2,1-3H3. The number of aromatic nitrogens is 1. The van der Waals surface area contributed by atoms with E-state index in [-0.39, 0.29) is 16.7 Å². The zero-order chi connectivity index (χ0) is 13.0. The van der Waals surface area contributed by atoms with Crippen molar-refractivity contribution in [2.45, 2.75) is 32.6 Å². The second-order valence-corrected chi connectivity index (χ2v) is 5.14. The Morgan fingerprint density at radius 1 is 1.59 bits per heavy atom. The topological polar surface area (TPSA) is 82.0 Å². The van der Waals surface area contributed by atoms with Crippen LogP contribution in [0.15, 0.2) is 6.20 Å². The van der Waals surface area contributed by atoms with Crippen LogP contribution >= 0.6 is 11.8 Å². The molecule has 1 heterocycles. The first-order valence-electron chi connectivity index (χ1n) is 5.36. The number of nitrogens with zero attached hydrogens (tertiary/aromatic N) is 2. The molecule has 0 aromatic carbocycles. The number of pyridine rings is 1. The average molecular weight is 255 g/mol. The third kappa shape index (κ3) is 3.67. The third-order valence-corrected chi connectivity index (χ3v) is 3.62. The minimum Gasteiger partial charge on any atom is -0.327 e. The molecular formula is C11H17N3O2S. The molecule has 0 aliphatic heterocycles. The molecule has 1 rings (SSSR count). The Hall–Kier alpha value is -1.14. The Morgan fingerprint density at radius 3 is 2.76 bits per heavy atom. The second kappa shape index (κ2) is 5.97. The number of nitro groups is 1. The minimum absolute atomic E-state index is 0.126. The van der Waals surface area contributed by atoms with Crippen molar-refractivity contribution in [1.29, 1.82) is 0 Å². The highest BCUT2D eigenvalue weighted by Gasteiger charge is 2.18. The molecule has 1 unspecified atom stereocenters. The molecule has 1 aromatic heterocycles. The molecule has 0 spiro atoms. The van der Waals surface area contributed by atoms with Crippen molar-refractivity contribution in [2.75, 3.05) is 5.75 Å². The highest BCUT2D eigenvalue weighted by atomic mass is 32.2. The van der Waals surface area contributed by atoms with Crippen LogP contribution in [0.3, 0.4) is 0 Å². The first-order chi connectivity index (χ1) is 7.93. The number of thioether (sulfide) groups is 1. The fourth-order valence-corrected chi connectivity index (χ4v) is 2.51. The van der Waals surface area contributed by atoms with E-state index in [0.717, 1.165) is 11.4 Å². The highest BCUT2D eigenvalue weighted by Crippen LogP contribution is 2.26. The van der Waals surface area contributed by atoms with E-state index < -0.39 is 0 Å². The summed E-state index contributed by atoms with van der Waals surface area (Å²) in [5, 5.41) is 10.9. The quantitative estimate of drug-likeness (QED) is 0.644. The van der Waals surface area contributed by atoms with Gasteiger partial charge >= 0.3 is 0 Å². The van der Waals surface area contributed by atoms with Crippen molar-refractivity contribution < 1.29 is 4.92 Å². The van der Waals surface area contributed by atoms with E-state index >= 15 is 0 Å². The molecule has 2 N–H and O–H groups in total. The fraction of sp³-hybridized carbons (Fsp3) is 0.545. The largest absolute Gasteiger partial charge is 0.327 e. The van der Waals surface area contributed by atoms with Gasteiger partial charge in [0.05, 0.1) is 10.6 Å². The lowest BCUT2D eigenvalue weighted by atomic mass is 10.1. The van der Waals surface area contributed by atoms with Gasteiger partial charge in [-0.1, -0.05) is 0 Å². The maximum absolute atomic E-state index is 10.9. The van der Waals surface area contributed by atoms with Crippen molar-refractivity contribution in [1.82, 2.24) is 4.98 Å². The normalized spacial score (nSPS) is 12.5. The SMILES string of the molecule is Cc1cnc(CSCC(C)N)c(C)c1[N+](=O)[O-]. The molecule has 5 nitrogen and oxygen atoms in total. The Labute approximate surface area is 105 Å². The van der Waals surface area contributed by atoms with Crippen LogP contribution < -0.4 is 5.73 Å². The summed E-state index contributed by atoms with van der Waals surface area (Å²) in [6, 6.07) is 0.126. The average Bonchev–Trinajstić information content (AvgIpc) is 2.20. The van der Waals surface area contributed by atoms with Gasteiger partial charge in [-0.3, -0.25) is 15.1 Å². The summed E-state index contributed by atoms with van der Waals surface area (Å²) in [5.41, 5.74) is 7.86. The summed E-state index contributed by atoms with van der Waals surface area (Å²) in [5.74, 6) is 1.48. The summed E-state index contributed by atoms with van der Waals surface area (Å²) in [6.45, 7) is 5.39. The second-order valence-electron chi connectivity index (χ2n) is 4.11. The predicted molar refractivity (Wildman–Crippen MR) is 70.2 cm³/mol. The van der Waals surface area contributed by atoms with E-state index in [9.17, 15) is 10.1 Å². The van der Waals surface area contributed by atoms with Crippen LogP contribution in [0, 0.1) is 24.0 Å². The monoisotopic (exact) mass is 255 g/mol. The summed E-state index contributed by atoms with van der Waals surface area (Å²) < 4.78 is 0. The maximum Gasteiger partial charge on any atom is 0.278 e. The molecule has 94 valence electrons. The first kappa shape index (κ1) is 13.9. The van der Waals surface area contributed by atoms with Crippen LogP contribution in [-0.2, 0) is 5.75 Å². The van der Waals surface area contributed by atoms with Gasteiger partial charge in [-0.25, -0.2) is 0 Å². The van der Waals surface area contributed by atoms with Gasteiger partial charge in [-0.05, 0) is 20.8 Å². The van der Waals surface area contributed by atoms with Gasteiger partial charge in [0.1, 0.15) is 0 Å². The molecular weight excluding hydrogens is 238 g/mol. The van der Waals surface area contributed by atoms with Gasteiger partial charge in [0.15, 0.2) is 0 Å². The fourth-order valence-electron chi connectivity index (χ4n) is 1.53. The van der Waals surface area contributed by atoms with E-state index in [2.05, 4.69) is 4.98 Å². The maximum atomic E-state index is 10.9. The van der Waals surface area contributed by atoms with Gasteiger partial charge in [0.25, 0.3) is 5.69 Å². The zero-order valence-corrected chi connectivity index (χ0v) is 11.1. The number of hydrogen-bond donors (Lipinski definition) is 1. The molecule has 0 saturated heterocycles. The van der Waals surface area contributed by atoms with Gasteiger partial charge in [0, 0.05) is 34.9 Å². The van der Waals surface area contributed by atoms with Crippen LogP contribution in [0.1, 0.15) is 23.7 Å². The lowest BCUT2D eigenvalue weighted by Gasteiger charge is -2.08. The number of aryl methyl sites for hydroxylation is 1. The molecule has 0 fully saturated rings. The smallest absolute Gasteiger partial charge is 0.278 e. The van der Waals surface area contributed by atoms with Crippen molar-refractivity contribution in [3.05, 3.63) is 33.1 Å². The molecule has 1 aromatic rings. The Morgan fingerprint density at radius 2 is 2.24 bits per heavy atom. The van der Waals surface area contributed by atoms with Crippen molar-refractivity contribution in [3.63, 3.8) is 0 Å². The summed E-state index contributed by atoms with van der Waals surface area (Å²) in [4.78, 5) is 14.8. The van der Waals surface area contributed by atoms with Gasteiger partial charge in [-0.2, -0.15) is 11.8 Å². The zero-order valence-electron chi connectivity index (χ0n) is 10.3. The molecule has 0 radical (unpaired) electrons. The van der Waals surface area contributed by atoms with Crippen molar-refractivity contribution in [3.8, 4) is 0 Å². The predicted octanol–water partition coefficient (Wildman–Crippen LogP) is 2.19. The third-order valence-electron chi connectivity index (χ3n) is 2.38. The van der Waals surface area contributed by atoms with Gasteiger partial charge < -0.3 is 5.73 Å². The van der Waals surface area contributed by atoms with Crippen LogP contribution in [-0.4, -0.2) is 21.7 Å². The molecule has 0 aliphatic rings. The number of rotatable bonds is 5. The van der Waals surface area contributed by atoms with E-state index in [0.29, 0.717) is 16.9 Å². The summed E-state index contributed by atoms with van der Waals surface area (Å²) in [6.07, 6.45) is 1.56. The van der Waals surface area contributed by atoms with E-state index in [1.54, 1.807) is 31.8 Å². The lowest BCUT2D eigenvalue weighted by Crippen LogP contribution is -2.17. The van der Waals surface area contributed by atoms with Crippen LogP contribution in [0.5, 0.6) is 0 Å². The van der Waals surface area contributed by atoms with Gasteiger partial charge in [0.2, 0.25) is 0 Å². The van der Waals surface area contributed by atoms with E-state index in [1.807, 2.05) is 6.92 Å². The molecule has 0 bridgehead atoms. The van der Waals surface area contributed by atoms with Crippen LogP contribution in [0.25, 0.3) is 0 Å². The van der Waals surface area contributed by atoms with Crippen LogP contribution in [0.2, 0.25) is 0 Å². The summed E-state index contributed by atoms with van der Waals surface area (Å²) >= 11 is 1.64. The molecule has 6 heteroatoms.